The third-order valence-corrected chi connectivity index (χ3v) is 5.71. The zero-order chi connectivity index (χ0) is 22.6. The summed E-state index contributed by atoms with van der Waals surface area (Å²) in [6.07, 6.45) is 4.54. The number of aryl methyl sites for hydroxylation is 1. The van der Waals surface area contributed by atoms with E-state index >= 15 is 0 Å². The first-order valence-corrected chi connectivity index (χ1v) is 11.0. The van der Waals surface area contributed by atoms with E-state index in [9.17, 15) is 14.4 Å². The van der Waals surface area contributed by atoms with Gasteiger partial charge in [0.1, 0.15) is 12.1 Å². The quantitative estimate of drug-likeness (QED) is 0.379. The molecule has 1 saturated heterocycles. The van der Waals surface area contributed by atoms with Crippen LogP contribution in [0.1, 0.15) is 44.1 Å². The van der Waals surface area contributed by atoms with Crippen molar-refractivity contribution in [1.82, 2.24) is 10.2 Å². The second-order valence-corrected chi connectivity index (χ2v) is 7.82. The predicted octanol–water partition coefficient (Wildman–Crippen LogP) is 1.41. The first kappa shape index (κ1) is 24.8. The first-order valence-electron chi connectivity index (χ1n) is 11.0. The van der Waals surface area contributed by atoms with Gasteiger partial charge in [-0.1, -0.05) is 36.8 Å². The zero-order valence-corrected chi connectivity index (χ0v) is 18.5. The average Bonchev–Trinajstić information content (AvgIpc) is 3.30. The third-order valence-electron chi connectivity index (χ3n) is 5.71. The van der Waals surface area contributed by atoms with Crippen LogP contribution < -0.4 is 11.1 Å². The molecule has 0 radical (unpaired) electrons. The van der Waals surface area contributed by atoms with Gasteiger partial charge >= 0.3 is 11.9 Å². The molecule has 0 aromatic heterocycles. The van der Waals surface area contributed by atoms with E-state index in [2.05, 4.69) is 5.32 Å². The maximum absolute atomic E-state index is 13.4. The summed E-state index contributed by atoms with van der Waals surface area (Å²) in [5, 5.41) is 3.23. The molecule has 1 unspecified atom stereocenters. The molecule has 0 saturated carbocycles. The Kier molecular flexibility index (Phi) is 10.5. The van der Waals surface area contributed by atoms with Crippen LogP contribution in [-0.4, -0.2) is 68.2 Å². The summed E-state index contributed by atoms with van der Waals surface area (Å²) in [6, 6.07) is 8.06. The number of hydrogen-bond acceptors (Lipinski definition) is 7. The number of nitrogens with zero attached hydrogens (tertiary/aromatic N) is 1. The summed E-state index contributed by atoms with van der Waals surface area (Å²) in [4.78, 5) is 39.5. The molecule has 0 spiro atoms. The lowest BCUT2D eigenvalue weighted by Gasteiger charge is -2.30. The Morgan fingerprint density at radius 3 is 2.48 bits per heavy atom. The highest BCUT2D eigenvalue weighted by molar-refractivity contribution is 5.88. The molecule has 31 heavy (non-hydrogen) atoms. The van der Waals surface area contributed by atoms with Gasteiger partial charge in [-0.25, -0.2) is 4.79 Å². The van der Waals surface area contributed by atoms with E-state index in [4.69, 9.17) is 15.2 Å². The second kappa shape index (κ2) is 13.1. The minimum Gasteiger partial charge on any atom is -0.468 e. The van der Waals surface area contributed by atoms with Gasteiger partial charge in [0.2, 0.25) is 5.91 Å². The fourth-order valence-electron chi connectivity index (χ4n) is 3.99. The lowest BCUT2D eigenvalue weighted by Crippen LogP contribution is -2.54. The molecular weight excluding hydrogens is 398 g/mol. The minimum atomic E-state index is -0.629. The van der Waals surface area contributed by atoms with Crippen LogP contribution in [0.2, 0.25) is 0 Å². The lowest BCUT2D eigenvalue weighted by atomic mass is 10.0. The van der Waals surface area contributed by atoms with Crippen molar-refractivity contribution in [3.8, 4) is 0 Å². The van der Waals surface area contributed by atoms with Crippen molar-refractivity contribution in [2.24, 2.45) is 5.73 Å². The van der Waals surface area contributed by atoms with Crippen molar-refractivity contribution in [3.63, 3.8) is 0 Å². The number of benzene rings is 1. The number of amides is 1. The summed E-state index contributed by atoms with van der Waals surface area (Å²) >= 11 is 0. The van der Waals surface area contributed by atoms with Crippen molar-refractivity contribution in [2.45, 2.75) is 63.1 Å². The number of carbonyl (C=O) groups excluding carboxylic acids is 3. The van der Waals surface area contributed by atoms with Crippen LogP contribution >= 0.6 is 0 Å². The van der Waals surface area contributed by atoms with Gasteiger partial charge in [0, 0.05) is 6.54 Å². The molecular formula is C23H35N3O5. The van der Waals surface area contributed by atoms with E-state index < -0.39 is 30.1 Å². The van der Waals surface area contributed by atoms with E-state index in [0.717, 1.165) is 24.8 Å². The number of rotatable bonds is 12. The zero-order valence-electron chi connectivity index (χ0n) is 18.5. The van der Waals surface area contributed by atoms with Crippen molar-refractivity contribution in [1.29, 1.82) is 0 Å². The standard InChI is InChI=1S/C23H35N3O5/c1-30-22(28)19(14-13-17-9-4-3-5-10-17)25-18(11-6-7-15-24)21(27)26-16-8-12-20(26)23(29)31-2/h3-5,9-10,18-20,25H,6-8,11-16,24H2,1-2H3/t18-,19?,20-/m0/s1. The topological polar surface area (TPSA) is 111 Å². The Balaban J connectivity index is 2.13. The molecule has 0 bridgehead atoms. The van der Waals surface area contributed by atoms with Gasteiger partial charge < -0.3 is 20.1 Å². The van der Waals surface area contributed by atoms with Crippen LogP contribution in [0, 0.1) is 0 Å². The SMILES string of the molecule is COC(=O)C(CCc1ccccc1)N[C@@H](CCCCN)C(=O)N1CCC[C@H]1C(=O)OC. The molecule has 8 nitrogen and oxygen atoms in total. The summed E-state index contributed by atoms with van der Waals surface area (Å²) in [6.45, 7) is 1.03. The van der Waals surface area contributed by atoms with Gasteiger partial charge in [0.25, 0.3) is 0 Å². The number of hydrogen-bond donors (Lipinski definition) is 2. The smallest absolute Gasteiger partial charge is 0.328 e. The van der Waals surface area contributed by atoms with Crippen molar-refractivity contribution in [3.05, 3.63) is 35.9 Å². The van der Waals surface area contributed by atoms with Crippen LogP contribution in [0.3, 0.4) is 0 Å². The molecule has 172 valence electrons. The van der Waals surface area contributed by atoms with Gasteiger partial charge in [-0.05, 0) is 50.6 Å². The summed E-state index contributed by atoms with van der Waals surface area (Å²) in [5.74, 6) is -0.989. The molecule has 1 aliphatic heterocycles. The van der Waals surface area contributed by atoms with Gasteiger partial charge in [-0.2, -0.15) is 0 Å². The number of ether oxygens (including phenoxy) is 2. The lowest BCUT2D eigenvalue weighted by molar-refractivity contribution is -0.152. The third kappa shape index (κ3) is 7.33. The van der Waals surface area contributed by atoms with Gasteiger partial charge in [-0.3, -0.25) is 14.9 Å². The Morgan fingerprint density at radius 1 is 1.10 bits per heavy atom. The van der Waals surface area contributed by atoms with Crippen LogP contribution in [-0.2, 0) is 30.3 Å². The number of esters is 2. The van der Waals surface area contributed by atoms with E-state index in [1.54, 1.807) is 4.90 Å². The number of nitrogens with two attached hydrogens (primary N) is 1. The van der Waals surface area contributed by atoms with Crippen molar-refractivity contribution in [2.75, 3.05) is 27.3 Å². The highest BCUT2D eigenvalue weighted by atomic mass is 16.5. The summed E-state index contributed by atoms with van der Waals surface area (Å²) in [5.41, 5.74) is 6.73. The Morgan fingerprint density at radius 2 is 1.84 bits per heavy atom. The normalized spacial score (nSPS) is 17.8. The Hall–Kier alpha value is -2.45. The number of likely N-dealkylation sites (tertiary alicyclic amines) is 1. The molecule has 3 atom stereocenters. The van der Waals surface area contributed by atoms with Gasteiger partial charge in [0.15, 0.2) is 0 Å². The molecule has 1 aromatic carbocycles. The van der Waals surface area contributed by atoms with Gasteiger partial charge in [-0.15, -0.1) is 0 Å². The van der Waals surface area contributed by atoms with E-state index in [-0.39, 0.29) is 5.91 Å². The van der Waals surface area contributed by atoms with Crippen LogP contribution in [0.15, 0.2) is 30.3 Å². The van der Waals surface area contributed by atoms with E-state index in [0.29, 0.717) is 38.8 Å². The molecule has 1 aromatic rings. The van der Waals surface area contributed by atoms with Crippen LogP contribution in [0.25, 0.3) is 0 Å². The monoisotopic (exact) mass is 433 g/mol. The highest BCUT2D eigenvalue weighted by Gasteiger charge is 2.38. The highest BCUT2D eigenvalue weighted by Crippen LogP contribution is 2.21. The van der Waals surface area contributed by atoms with Crippen molar-refractivity contribution < 1.29 is 23.9 Å². The molecule has 8 heteroatoms. The number of carbonyl (C=O) groups is 3. The van der Waals surface area contributed by atoms with Crippen LogP contribution in [0.4, 0.5) is 0 Å². The Bertz CT molecular complexity index is 712. The summed E-state index contributed by atoms with van der Waals surface area (Å²) < 4.78 is 9.86. The fraction of sp³-hybridized carbons (Fsp3) is 0.609. The molecule has 3 N–H and O–H groups in total. The maximum Gasteiger partial charge on any atom is 0.328 e. The molecule has 1 amide bonds. The predicted molar refractivity (Wildman–Crippen MR) is 117 cm³/mol. The Labute approximate surface area is 184 Å². The largest absolute Gasteiger partial charge is 0.468 e. The average molecular weight is 434 g/mol. The van der Waals surface area contributed by atoms with Gasteiger partial charge in [0.05, 0.1) is 20.3 Å². The molecule has 1 fully saturated rings. The van der Waals surface area contributed by atoms with Crippen molar-refractivity contribution >= 4 is 17.8 Å². The number of methoxy groups -OCH3 is 2. The number of nitrogens with one attached hydrogen (secondary N) is 1. The van der Waals surface area contributed by atoms with E-state index in [1.807, 2.05) is 30.3 Å². The molecule has 0 aliphatic carbocycles. The molecule has 1 aliphatic rings. The maximum atomic E-state index is 13.4. The first-order chi connectivity index (χ1) is 15.0. The molecule has 1 heterocycles. The van der Waals surface area contributed by atoms with E-state index in [1.165, 1.54) is 14.2 Å². The second-order valence-electron chi connectivity index (χ2n) is 7.82. The summed E-state index contributed by atoms with van der Waals surface area (Å²) in [7, 11) is 2.68. The number of unbranched alkanes of at least 4 members (excludes halogenated alkanes) is 1. The minimum absolute atomic E-state index is 0.182. The van der Waals surface area contributed by atoms with Crippen LogP contribution in [0.5, 0.6) is 0 Å². The molecule has 2 rings (SSSR count). The fourth-order valence-corrected chi connectivity index (χ4v) is 3.99.